The highest BCUT2D eigenvalue weighted by molar-refractivity contribution is 6.27. The van der Waals surface area contributed by atoms with Crippen LogP contribution in [0.3, 0.4) is 0 Å². The van der Waals surface area contributed by atoms with Crippen LogP contribution < -0.4 is 4.90 Å². The molecule has 2 aliphatic carbocycles. The Morgan fingerprint density at radius 2 is 0.845 bits per heavy atom. The summed E-state index contributed by atoms with van der Waals surface area (Å²) in [7, 11) is 0. The lowest BCUT2D eigenvalue weighted by Gasteiger charge is -2.36. The molecular formula is C69H43NO. The van der Waals surface area contributed by atoms with E-state index in [2.05, 4.69) is 248 Å². The van der Waals surface area contributed by atoms with Crippen LogP contribution in [0.2, 0.25) is 0 Å². The van der Waals surface area contributed by atoms with Crippen molar-refractivity contribution in [3.8, 4) is 67.0 Å². The molecular weight excluding hydrogens is 859 g/mol. The van der Waals surface area contributed by atoms with Crippen LogP contribution in [0.15, 0.2) is 265 Å². The van der Waals surface area contributed by atoms with Gasteiger partial charge in [0, 0.05) is 22.6 Å². The Bertz CT molecular complexity index is 4190. The molecule has 0 saturated carbocycles. The Labute approximate surface area is 412 Å². The van der Waals surface area contributed by atoms with E-state index in [1.165, 1.54) is 99.1 Å². The fraction of sp³-hybridized carbons (Fsp3) is 0.0145. The maximum Gasteiger partial charge on any atom is 0.133 e. The standard InChI is InChI=1S/C69H43NO/c1-2-13-44(14-3-1)45-28-33-52(34-29-45)70(53-35-30-46(31-36-53)49-17-11-18-50(41-49)65-25-12-40-71-65)54-37-39-63-60(43-54)56-20-5-4-19-55(56)57-21-6-8-23-61(57)69(63)62-24-9-7-22-58(62)68-59-38-32-48-16-10-15-47-26-27-51(42-64(68)69)67(59)66(47)48/h1-43H. The van der Waals surface area contributed by atoms with Crippen LogP contribution in [-0.2, 0) is 5.41 Å². The smallest absolute Gasteiger partial charge is 0.133 e. The average molecular weight is 902 g/mol. The highest BCUT2D eigenvalue weighted by Gasteiger charge is 2.50. The normalized spacial score (nSPS) is 14.3. The van der Waals surface area contributed by atoms with E-state index in [0.717, 1.165) is 39.5 Å². The molecule has 71 heavy (non-hydrogen) atoms. The number of rotatable bonds is 6. The van der Waals surface area contributed by atoms with Gasteiger partial charge >= 0.3 is 0 Å². The molecule has 0 radical (unpaired) electrons. The number of fused-ring (bicyclic) bond motifs is 13. The van der Waals surface area contributed by atoms with Gasteiger partial charge in [0.2, 0.25) is 0 Å². The number of hydrogen-bond donors (Lipinski definition) is 0. The SMILES string of the molecule is c1ccc(-c2ccc(N(c3ccc(-c4cccc(-c5ccco5)c4)cc3)c3ccc4c(c3)-c3ccccc3-c3ccccc3C43c4ccccc4-c4c3cc3ccc5cccc6ccc4c3c56)cc2)cc1. The Kier molecular flexibility index (Phi) is 8.61. The summed E-state index contributed by atoms with van der Waals surface area (Å²) >= 11 is 0. The first kappa shape index (κ1) is 39.7. The predicted molar refractivity (Wildman–Crippen MR) is 295 cm³/mol. The van der Waals surface area contributed by atoms with Gasteiger partial charge in [0.05, 0.1) is 11.7 Å². The minimum Gasteiger partial charge on any atom is -0.464 e. The lowest BCUT2D eigenvalue weighted by molar-refractivity contribution is 0.582. The zero-order valence-corrected chi connectivity index (χ0v) is 38.7. The predicted octanol–water partition coefficient (Wildman–Crippen LogP) is 18.7. The lowest BCUT2D eigenvalue weighted by Crippen LogP contribution is -2.29. The molecule has 330 valence electrons. The van der Waals surface area contributed by atoms with Gasteiger partial charge in [0.25, 0.3) is 0 Å². The van der Waals surface area contributed by atoms with Crippen LogP contribution in [0.4, 0.5) is 17.1 Å². The fourth-order valence-electron chi connectivity index (χ4n) is 12.5. The molecule has 1 unspecified atom stereocenters. The van der Waals surface area contributed by atoms with Crippen molar-refractivity contribution in [1.29, 1.82) is 0 Å². The summed E-state index contributed by atoms with van der Waals surface area (Å²) < 4.78 is 5.78. The second-order valence-electron chi connectivity index (χ2n) is 19.1. The molecule has 0 amide bonds. The van der Waals surface area contributed by atoms with Crippen LogP contribution in [0.5, 0.6) is 0 Å². The lowest BCUT2D eigenvalue weighted by atomic mass is 9.65. The highest BCUT2D eigenvalue weighted by Crippen LogP contribution is 2.63. The van der Waals surface area contributed by atoms with Gasteiger partial charge in [0.15, 0.2) is 0 Å². The summed E-state index contributed by atoms with van der Waals surface area (Å²) in [5.74, 6) is 0.861. The third-order valence-corrected chi connectivity index (χ3v) is 15.5. The van der Waals surface area contributed by atoms with Gasteiger partial charge in [0.1, 0.15) is 5.76 Å². The van der Waals surface area contributed by atoms with Crippen molar-refractivity contribution < 1.29 is 4.42 Å². The van der Waals surface area contributed by atoms with Crippen molar-refractivity contribution in [2.75, 3.05) is 4.90 Å². The van der Waals surface area contributed by atoms with Gasteiger partial charge in [-0.3, -0.25) is 0 Å². The molecule has 15 rings (SSSR count). The number of furan rings is 1. The van der Waals surface area contributed by atoms with Crippen molar-refractivity contribution in [3.63, 3.8) is 0 Å². The van der Waals surface area contributed by atoms with E-state index < -0.39 is 5.41 Å². The maximum absolute atomic E-state index is 5.78. The molecule has 0 bridgehead atoms. The fourth-order valence-corrected chi connectivity index (χ4v) is 12.5. The van der Waals surface area contributed by atoms with Crippen molar-refractivity contribution in [3.05, 3.63) is 283 Å². The summed E-state index contributed by atoms with van der Waals surface area (Å²) in [6.45, 7) is 0. The van der Waals surface area contributed by atoms with Gasteiger partial charge in [-0.2, -0.15) is 0 Å². The van der Waals surface area contributed by atoms with Crippen molar-refractivity contribution >= 4 is 49.4 Å². The first-order chi connectivity index (χ1) is 35.2. The largest absolute Gasteiger partial charge is 0.464 e. The van der Waals surface area contributed by atoms with E-state index >= 15 is 0 Å². The minimum absolute atomic E-state index is 0.631. The first-order valence-electron chi connectivity index (χ1n) is 24.6. The van der Waals surface area contributed by atoms with Gasteiger partial charge in [-0.1, -0.05) is 194 Å². The van der Waals surface area contributed by atoms with Crippen molar-refractivity contribution in [1.82, 2.24) is 0 Å². The molecule has 1 atom stereocenters. The van der Waals surface area contributed by atoms with Crippen LogP contribution >= 0.6 is 0 Å². The molecule has 1 aromatic heterocycles. The molecule has 2 heteroatoms. The van der Waals surface area contributed by atoms with Crippen LogP contribution in [0.25, 0.3) is 99.3 Å². The number of anilines is 3. The second kappa shape index (κ2) is 15.4. The maximum atomic E-state index is 5.78. The van der Waals surface area contributed by atoms with E-state index in [4.69, 9.17) is 4.42 Å². The number of nitrogens with zero attached hydrogens (tertiary/aromatic N) is 1. The Hall–Kier alpha value is -9.24. The quantitative estimate of drug-likeness (QED) is 0.155. The monoisotopic (exact) mass is 901 g/mol. The molecule has 2 nitrogen and oxygen atoms in total. The minimum atomic E-state index is -0.631. The summed E-state index contributed by atoms with van der Waals surface area (Å²) in [5.41, 5.74) is 21.1. The zero-order chi connectivity index (χ0) is 46.6. The van der Waals surface area contributed by atoms with Gasteiger partial charge in [-0.15, -0.1) is 0 Å². The Balaban J connectivity index is 0.979. The van der Waals surface area contributed by atoms with Crippen LogP contribution in [0, 0.1) is 0 Å². The van der Waals surface area contributed by atoms with E-state index in [9.17, 15) is 0 Å². The molecule has 1 heterocycles. The molecule has 0 N–H and O–H groups in total. The summed E-state index contributed by atoms with van der Waals surface area (Å²) in [6.07, 6.45) is 1.73. The van der Waals surface area contributed by atoms with Crippen molar-refractivity contribution in [2.45, 2.75) is 5.41 Å². The molecule has 2 aliphatic rings. The van der Waals surface area contributed by atoms with Gasteiger partial charge < -0.3 is 9.32 Å². The van der Waals surface area contributed by atoms with Gasteiger partial charge in [-0.25, -0.2) is 0 Å². The Morgan fingerprint density at radius 1 is 0.296 bits per heavy atom. The topological polar surface area (TPSA) is 16.4 Å². The molecule has 0 aliphatic heterocycles. The molecule has 12 aromatic carbocycles. The van der Waals surface area contributed by atoms with E-state index in [1.807, 2.05) is 12.1 Å². The van der Waals surface area contributed by atoms with E-state index in [1.54, 1.807) is 6.26 Å². The molecule has 0 saturated heterocycles. The second-order valence-corrected chi connectivity index (χ2v) is 19.1. The van der Waals surface area contributed by atoms with Crippen molar-refractivity contribution in [2.24, 2.45) is 0 Å². The number of hydrogen-bond acceptors (Lipinski definition) is 2. The van der Waals surface area contributed by atoms with E-state index in [0.29, 0.717) is 0 Å². The molecule has 0 fully saturated rings. The third kappa shape index (κ3) is 5.83. The first-order valence-corrected chi connectivity index (χ1v) is 24.6. The number of benzene rings is 12. The highest BCUT2D eigenvalue weighted by atomic mass is 16.3. The van der Waals surface area contributed by atoms with Crippen LogP contribution in [-0.4, -0.2) is 0 Å². The van der Waals surface area contributed by atoms with E-state index in [-0.39, 0.29) is 0 Å². The zero-order valence-electron chi connectivity index (χ0n) is 38.7. The van der Waals surface area contributed by atoms with Gasteiger partial charge in [-0.05, 0) is 171 Å². The molecule has 1 spiro atoms. The summed E-state index contributed by atoms with van der Waals surface area (Å²) in [5, 5.41) is 7.83. The summed E-state index contributed by atoms with van der Waals surface area (Å²) in [4.78, 5) is 2.42. The summed E-state index contributed by atoms with van der Waals surface area (Å²) in [6, 6.07) is 94.7. The average Bonchev–Trinajstić information content (AvgIpc) is 4.08. The molecule has 13 aromatic rings. The Morgan fingerprint density at radius 3 is 1.58 bits per heavy atom. The third-order valence-electron chi connectivity index (χ3n) is 15.5. The van der Waals surface area contributed by atoms with Crippen LogP contribution in [0.1, 0.15) is 22.3 Å².